The van der Waals surface area contributed by atoms with Gasteiger partial charge in [-0.25, -0.2) is 0 Å². The lowest BCUT2D eigenvalue weighted by Crippen LogP contribution is -2.52. The highest BCUT2D eigenvalue weighted by atomic mass is 80.0. The highest BCUT2D eigenvalue weighted by Gasteiger charge is 2.43. The van der Waals surface area contributed by atoms with Gasteiger partial charge in [-0.2, -0.15) is 0 Å². The lowest BCUT2D eigenvalue weighted by Gasteiger charge is -2.38. The molecule has 0 aliphatic carbocycles. The van der Waals surface area contributed by atoms with Gasteiger partial charge in [-0.05, 0) is 66.3 Å². The predicted octanol–water partition coefficient (Wildman–Crippen LogP) is 3.93. The van der Waals surface area contributed by atoms with Gasteiger partial charge in [0, 0.05) is 11.6 Å². The standard InChI is InChI=1S/C13H12Br3NO2/c1-7-9-5-3-4-6-10(9)17(8(2)11(7)18)12(19)13(14,15)16/h3-8H,1-2H3. The lowest BCUT2D eigenvalue weighted by atomic mass is 9.86. The Morgan fingerprint density at radius 1 is 1.21 bits per heavy atom. The van der Waals surface area contributed by atoms with Gasteiger partial charge in [0.25, 0.3) is 5.91 Å². The van der Waals surface area contributed by atoms with E-state index >= 15 is 0 Å². The number of Topliss-reactive ketones (excluding diaryl/α,β-unsaturated/α-hetero) is 1. The number of alkyl halides is 3. The van der Waals surface area contributed by atoms with Crippen LogP contribution in [-0.2, 0) is 9.59 Å². The number of hydrogen-bond donors (Lipinski definition) is 0. The van der Waals surface area contributed by atoms with Gasteiger partial charge >= 0.3 is 0 Å². The molecule has 2 atom stereocenters. The van der Waals surface area contributed by atoms with Crippen LogP contribution in [0.3, 0.4) is 0 Å². The molecule has 1 aromatic carbocycles. The first kappa shape index (κ1) is 15.2. The molecule has 0 N–H and O–H groups in total. The number of halogens is 3. The van der Waals surface area contributed by atoms with Gasteiger partial charge in [0.2, 0.25) is 2.14 Å². The van der Waals surface area contributed by atoms with Crippen molar-refractivity contribution in [1.29, 1.82) is 0 Å². The second-order valence-electron chi connectivity index (χ2n) is 4.53. The minimum Gasteiger partial charge on any atom is -0.299 e. The summed E-state index contributed by atoms with van der Waals surface area (Å²) in [5.74, 6) is -0.401. The number of fused-ring (bicyclic) bond motifs is 1. The predicted molar refractivity (Wildman–Crippen MR) is 86.3 cm³/mol. The first-order valence-corrected chi connectivity index (χ1v) is 8.16. The van der Waals surface area contributed by atoms with Crippen molar-refractivity contribution in [3.8, 4) is 0 Å². The molecule has 0 aromatic heterocycles. The van der Waals surface area contributed by atoms with E-state index in [0.29, 0.717) is 0 Å². The van der Waals surface area contributed by atoms with E-state index in [4.69, 9.17) is 0 Å². The fourth-order valence-corrected chi connectivity index (χ4v) is 2.92. The monoisotopic (exact) mass is 451 g/mol. The van der Waals surface area contributed by atoms with Crippen molar-refractivity contribution < 1.29 is 9.59 Å². The van der Waals surface area contributed by atoms with Crippen LogP contribution in [0.15, 0.2) is 24.3 Å². The fourth-order valence-electron chi connectivity index (χ4n) is 2.35. The topological polar surface area (TPSA) is 37.4 Å². The number of carbonyl (C=O) groups excluding carboxylic acids is 2. The number of carbonyl (C=O) groups is 2. The fraction of sp³-hybridized carbons (Fsp3) is 0.385. The quantitative estimate of drug-likeness (QED) is 0.558. The average molecular weight is 454 g/mol. The molecule has 1 amide bonds. The Hall–Kier alpha value is -0.200. The summed E-state index contributed by atoms with van der Waals surface area (Å²) in [5, 5.41) is 0. The first-order chi connectivity index (χ1) is 8.75. The Balaban J connectivity index is 2.58. The van der Waals surface area contributed by atoms with E-state index in [0.717, 1.165) is 11.3 Å². The first-order valence-electron chi connectivity index (χ1n) is 5.78. The zero-order valence-electron chi connectivity index (χ0n) is 10.4. The molecule has 1 aliphatic rings. The number of para-hydroxylation sites is 1. The largest absolute Gasteiger partial charge is 0.299 e. The molecular formula is C13H12Br3NO2. The maximum Gasteiger partial charge on any atom is 0.266 e. The SMILES string of the molecule is CC1C(=O)C(C)N(C(=O)C(Br)(Br)Br)c2ccccc21. The lowest BCUT2D eigenvalue weighted by molar-refractivity contribution is -0.125. The summed E-state index contributed by atoms with van der Waals surface area (Å²) in [6, 6.07) is 7.02. The van der Waals surface area contributed by atoms with Gasteiger partial charge < -0.3 is 0 Å². The van der Waals surface area contributed by atoms with Crippen LogP contribution in [0.25, 0.3) is 0 Å². The van der Waals surface area contributed by atoms with Crippen molar-refractivity contribution in [2.75, 3.05) is 4.90 Å². The van der Waals surface area contributed by atoms with Crippen molar-refractivity contribution in [2.45, 2.75) is 28.0 Å². The smallest absolute Gasteiger partial charge is 0.266 e. The zero-order chi connectivity index (χ0) is 14.4. The second kappa shape index (κ2) is 5.30. The summed E-state index contributed by atoms with van der Waals surface area (Å²) >= 11 is 9.67. The van der Waals surface area contributed by atoms with Crippen LogP contribution in [0.1, 0.15) is 25.3 Å². The molecular weight excluding hydrogens is 442 g/mol. The molecule has 2 rings (SSSR count). The zero-order valence-corrected chi connectivity index (χ0v) is 15.1. The van der Waals surface area contributed by atoms with Crippen molar-refractivity contribution in [3.63, 3.8) is 0 Å². The number of anilines is 1. The van der Waals surface area contributed by atoms with Crippen LogP contribution in [0.4, 0.5) is 5.69 Å². The van der Waals surface area contributed by atoms with Gasteiger partial charge in [-0.3, -0.25) is 14.5 Å². The Labute approximate surface area is 137 Å². The van der Waals surface area contributed by atoms with Gasteiger partial charge in [0.15, 0.2) is 5.78 Å². The second-order valence-corrected chi connectivity index (χ2v) is 11.3. The van der Waals surface area contributed by atoms with E-state index < -0.39 is 8.18 Å². The Morgan fingerprint density at radius 2 is 1.79 bits per heavy atom. The van der Waals surface area contributed by atoms with Crippen LogP contribution in [0.2, 0.25) is 0 Å². The Kier molecular flexibility index (Phi) is 4.23. The van der Waals surface area contributed by atoms with Gasteiger partial charge in [0.1, 0.15) is 0 Å². The summed E-state index contributed by atoms with van der Waals surface area (Å²) in [4.78, 5) is 26.3. The van der Waals surface area contributed by atoms with E-state index in [9.17, 15) is 9.59 Å². The Morgan fingerprint density at radius 3 is 2.37 bits per heavy atom. The van der Waals surface area contributed by atoms with Crippen molar-refractivity contribution in [1.82, 2.24) is 0 Å². The van der Waals surface area contributed by atoms with Crippen molar-refractivity contribution >= 4 is 65.2 Å². The van der Waals surface area contributed by atoms with E-state index in [1.807, 2.05) is 31.2 Å². The van der Waals surface area contributed by atoms with Crippen LogP contribution < -0.4 is 4.90 Å². The molecule has 0 spiro atoms. The van der Waals surface area contributed by atoms with Crippen LogP contribution in [0, 0.1) is 0 Å². The number of hydrogen-bond acceptors (Lipinski definition) is 2. The number of ketones is 1. The van der Waals surface area contributed by atoms with Gasteiger partial charge in [-0.1, -0.05) is 25.1 Å². The van der Waals surface area contributed by atoms with E-state index in [1.54, 1.807) is 6.92 Å². The third-order valence-electron chi connectivity index (χ3n) is 3.35. The molecule has 1 heterocycles. The molecule has 0 radical (unpaired) electrons. The molecule has 0 saturated carbocycles. The maximum absolute atomic E-state index is 12.5. The number of rotatable bonds is 0. The molecule has 0 saturated heterocycles. The van der Waals surface area contributed by atoms with Crippen molar-refractivity contribution in [2.24, 2.45) is 0 Å². The summed E-state index contributed by atoms with van der Waals surface area (Å²) in [6.45, 7) is 3.63. The Bertz CT molecular complexity index is 539. The van der Waals surface area contributed by atoms with Crippen LogP contribution >= 0.6 is 47.8 Å². The van der Waals surface area contributed by atoms with Crippen LogP contribution in [0.5, 0.6) is 0 Å². The van der Waals surface area contributed by atoms with E-state index in [-0.39, 0.29) is 17.6 Å². The summed E-state index contributed by atoms with van der Waals surface area (Å²) in [7, 11) is 0. The third kappa shape index (κ3) is 2.67. The third-order valence-corrected chi connectivity index (χ3v) is 4.37. The molecule has 6 heteroatoms. The molecule has 1 aliphatic heterocycles. The van der Waals surface area contributed by atoms with Crippen LogP contribution in [-0.4, -0.2) is 19.9 Å². The van der Waals surface area contributed by atoms with Gasteiger partial charge in [0.05, 0.1) is 6.04 Å². The average Bonchev–Trinajstić information content (AvgIpc) is 2.35. The minimum absolute atomic E-state index is 0.0452. The molecule has 3 nitrogen and oxygen atoms in total. The minimum atomic E-state index is -1.06. The molecule has 19 heavy (non-hydrogen) atoms. The molecule has 1 aromatic rings. The molecule has 0 fully saturated rings. The summed E-state index contributed by atoms with van der Waals surface area (Å²) < 4.78 is -1.06. The molecule has 0 bridgehead atoms. The summed E-state index contributed by atoms with van der Waals surface area (Å²) in [5.41, 5.74) is 1.67. The molecule has 102 valence electrons. The number of nitrogens with zero attached hydrogens (tertiary/aromatic N) is 1. The maximum atomic E-state index is 12.5. The van der Waals surface area contributed by atoms with Gasteiger partial charge in [-0.15, -0.1) is 0 Å². The van der Waals surface area contributed by atoms with E-state index in [1.165, 1.54) is 4.90 Å². The highest BCUT2D eigenvalue weighted by molar-refractivity contribution is 9.40. The normalized spacial score (nSPS) is 23.2. The summed E-state index contributed by atoms with van der Waals surface area (Å²) in [6.07, 6.45) is 0. The number of amides is 1. The van der Waals surface area contributed by atoms with Crippen molar-refractivity contribution in [3.05, 3.63) is 29.8 Å². The highest BCUT2D eigenvalue weighted by Crippen LogP contribution is 2.42. The van der Waals surface area contributed by atoms with E-state index in [2.05, 4.69) is 47.8 Å². The number of benzene rings is 1. The molecule has 2 unspecified atom stereocenters.